The van der Waals surface area contributed by atoms with E-state index in [1.54, 1.807) is 17.2 Å². The third-order valence-corrected chi connectivity index (χ3v) is 5.40. The maximum Gasteiger partial charge on any atom is 0.410 e. The third-order valence-electron chi connectivity index (χ3n) is 5.40. The first-order chi connectivity index (χ1) is 14.6. The van der Waals surface area contributed by atoms with Gasteiger partial charge in [-0.05, 0) is 70.4 Å². The van der Waals surface area contributed by atoms with Crippen LogP contribution in [0.25, 0.3) is 22.4 Å². The van der Waals surface area contributed by atoms with Crippen molar-refractivity contribution < 1.29 is 14.6 Å². The normalized spacial score (nSPS) is 16.7. The van der Waals surface area contributed by atoms with Gasteiger partial charge in [-0.25, -0.2) is 14.8 Å². The summed E-state index contributed by atoms with van der Waals surface area (Å²) in [6.07, 6.45) is 2.27. The molecule has 3 heterocycles. The van der Waals surface area contributed by atoms with Crippen LogP contribution in [0.15, 0.2) is 30.5 Å². The number of rotatable bonds is 2. The van der Waals surface area contributed by atoms with E-state index >= 15 is 0 Å². The molecule has 1 aromatic carbocycles. The SMILES string of the molecule is Cc1cc(C)c(-c2ccc3ncc([C@H]4CCN(C(=O)OC(C)(C)C)C4)nc3n2)c(O)c1. The van der Waals surface area contributed by atoms with Crippen LogP contribution in [-0.2, 0) is 4.74 Å². The quantitative estimate of drug-likeness (QED) is 0.644. The van der Waals surface area contributed by atoms with Gasteiger partial charge >= 0.3 is 6.09 Å². The Morgan fingerprint density at radius 3 is 2.68 bits per heavy atom. The van der Waals surface area contributed by atoms with Gasteiger partial charge in [-0.3, -0.25) is 4.98 Å². The Morgan fingerprint density at radius 1 is 1.19 bits per heavy atom. The van der Waals surface area contributed by atoms with E-state index in [1.165, 1.54) is 0 Å². The maximum absolute atomic E-state index is 12.4. The van der Waals surface area contributed by atoms with Crippen molar-refractivity contribution in [1.82, 2.24) is 19.9 Å². The van der Waals surface area contributed by atoms with Crippen LogP contribution in [-0.4, -0.2) is 49.7 Å². The highest BCUT2D eigenvalue weighted by Crippen LogP contribution is 2.33. The van der Waals surface area contributed by atoms with E-state index in [0.717, 1.165) is 23.2 Å². The van der Waals surface area contributed by atoms with Crippen LogP contribution in [0.5, 0.6) is 5.75 Å². The van der Waals surface area contributed by atoms with Crippen LogP contribution in [0.2, 0.25) is 0 Å². The number of nitrogens with zero attached hydrogens (tertiary/aromatic N) is 4. The van der Waals surface area contributed by atoms with Crippen molar-refractivity contribution in [3.63, 3.8) is 0 Å². The highest BCUT2D eigenvalue weighted by atomic mass is 16.6. The van der Waals surface area contributed by atoms with Crippen molar-refractivity contribution >= 4 is 17.3 Å². The van der Waals surface area contributed by atoms with Crippen LogP contribution in [0, 0.1) is 13.8 Å². The standard InChI is InChI=1S/C24H28N4O3/c1-14-10-15(2)21(20(29)11-14)17-6-7-18-22(26-17)27-19(12-25-18)16-8-9-28(13-16)23(30)31-24(3,4)5/h6-7,10-12,16,29H,8-9,13H2,1-5H3/t16-/m0/s1. The molecule has 0 bridgehead atoms. The Labute approximate surface area is 182 Å². The number of carbonyl (C=O) groups is 1. The molecule has 4 rings (SSSR count). The van der Waals surface area contributed by atoms with E-state index in [-0.39, 0.29) is 17.8 Å². The smallest absolute Gasteiger partial charge is 0.410 e. The zero-order valence-electron chi connectivity index (χ0n) is 18.6. The molecule has 0 aliphatic carbocycles. The molecule has 7 nitrogen and oxygen atoms in total. The van der Waals surface area contributed by atoms with Crippen molar-refractivity contribution in [2.45, 2.75) is 52.6 Å². The van der Waals surface area contributed by atoms with Crippen molar-refractivity contribution in [2.75, 3.05) is 13.1 Å². The number of aromatic hydroxyl groups is 1. The summed E-state index contributed by atoms with van der Waals surface area (Å²) in [5.41, 5.74) is 4.84. The van der Waals surface area contributed by atoms with Gasteiger partial charge in [0.15, 0.2) is 5.65 Å². The van der Waals surface area contributed by atoms with Gasteiger partial charge in [0.2, 0.25) is 0 Å². The predicted octanol–water partition coefficient (Wildman–Crippen LogP) is 4.74. The number of pyridine rings is 1. The fourth-order valence-corrected chi connectivity index (χ4v) is 4.02. The Morgan fingerprint density at radius 2 is 1.97 bits per heavy atom. The molecule has 1 amide bonds. The second-order valence-electron chi connectivity index (χ2n) is 9.22. The number of hydrogen-bond acceptors (Lipinski definition) is 6. The molecular weight excluding hydrogens is 392 g/mol. The highest BCUT2D eigenvalue weighted by molar-refractivity contribution is 5.78. The number of fused-ring (bicyclic) bond motifs is 1. The molecule has 1 atom stereocenters. The lowest BCUT2D eigenvalue weighted by Gasteiger charge is -2.24. The number of benzene rings is 1. The van der Waals surface area contributed by atoms with Crippen LogP contribution in [0.4, 0.5) is 4.79 Å². The zero-order valence-corrected chi connectivity index (χ0v) is 18.6. The fourth-order valence-electron chi connectivity index (χ4n) is 4.02. The second-order valence-corrected chi connectivity index (χ2v) is 9.22. The fraction of sp³-hybridized carbons (Fsp3) is 0.417. The van der Waals surface area contributed by atoms with Gasteiger partial charge in [-0.15, -0.1) is 0 Å². The van der Waals surface area contributed by atoms with E-state index in [0.29, 0.717) is 35.5 Å². The Bertz CT molecular complexity index is 1130. The zero-order chi connectivity index (χ0) is 22.3. The third kappa shape index (κ3) is 4.45. The number of aryl methyl sites for hydroxylation is 2. The van der Waals surface area contributed by atoms with Crippen LogP contribution < -0.4 is 0 Å². The van der Waals surface area contributed by atoms with Crippen LogP contribution in [0.1, 0.15) is 49.9 Å². The lowest BCUT2D eigenvalue weighted by Crippen LogP contribution is -2.35. The van der Waals surface area contributed by atoms with Crippen molar-refractivity contribution in [3.8, 4) is 17.0 Å². The number of phenols is 1. The average molecular weight is 421 g/mol. The molecule has 2 aromatic heterocycles. The van der Waals surface area contributed by atoms with E-state index in [1.807, 2.05) is 52.8 Å². The van der Waals surface area contributed by atoms with Gasteiger partial charge in [0, 0.05) is 30.8 Å². The summed E-state index contributed by atoms with van der Waals surface area (Å²) < 4.78 is 5.49. The molecular formula is C24H28N4O3. The van der Waals surface area contributed by atoms with Crippen molar-refractivity contribution in [2.24, 2.45) is 0 Å². The second kappa shape index (κ2) is 7.80. The summed E-state index contributed by atoms with van der Waals surface area (Å²) >= 11 is 0. The molecule has 0 radical (unpaired) electrons. The molecule has 0 spiro atoms. The number of aromatic nitrogens is 3. The Balaban J connectivity index is 1.61. The highest BCUT2D eigenvalue weighted by Gasteiger charge is 2.31. The number of carbonyl (C=O) groups excluding carboxylic acids is 1. The van der Waals surface area contributed by atoms with E-state index in [2.05, 4.69) is 4.98 Å². The predicted molar refractivity (Wildman–Crippen MR) is 119 cm³/mol. The number of amides is 1. The monoisotopic (exact) mass is 420 g/mol. The molecule has 162 valence electrons. The number of phenolic OH excluding ortho intramolecular Hbond substituents is 1. The molecule has 1 N–H and O–H groups in total. The van der Waals surface area contributed by atoms with Crippen molar-refractivity contribution in [3.05, 3.63) is 47.3 Å². The van der Waals surface area contributed by atoms with Gasteiger partial charge < -0.3 is 14.7 Å². The minimum absolute atomic E-state index is 0.0874. The minimum Gasteiger partial charge on any atom is -0.507 e. The minimum atomic E-state index is -0.516. The molecule has 1 aliphatic rings. The number of hydrogen-bond donors (Lipinski definition) is 1. The molecule has 0 saturated carbocycles. The van der Waals surface area contributed by atoms with Gasteiger partial charge in [-0.1, -0.05) is 6.07 Å². The van der Waals surface area contributed by atoms with Gasteiger partial charge in [0.25, 0.3) is 0 Å². The molecule has 1 fully saturated rings. The summed E-state index contributed by atoms with van der Waals surface area (Å²) in [7, 11) is 0. The maximum atomic E-state index is 12.4. The number of likely N-dealkylation sites (tertiary alicyclic amines) is 1. The van der Waals surface area contributed by atoms with E-state index in [4.69, 9.17) is 14.7 Å². The average Bonchev–Trinajstić information content (AvgIpc) is 3.16. The number of ether oxygens (including phenoxy) is 1. The van der Waals surface area contributed by atoms with E-state index < -0.39 is 5.60 Å². The topological polar surface area (TPSA) is 88.4 Å². The molecule has 1 aliphatic heterocycles. The Kier molecular flexibility index (Phi) is 5.29. The first kappa shape index (κ1) is 21.0. The summed E-state index contributed by atoms with van der Waals surface area (Å²) in [5, 5.41) is 10.5. The first-order valence-corrected chi connectivity index (χ1v) is 10.5. The molecule has 0 unspecified atom stereocenters. The molecule has 3 aromatic rings. The summed E-state index contributed by atoms with van der Waals surface area (Å²) in [6, 6.07) is 7.48. The lowest BCUT2D eigenvalue weighted by molar-refractivity contribution is 0.0292. The van der Waals surface area contributed by atoms with Gasteiger partial charge in [-0.2, -0.15) is 0 Å². The lowest BCUT2D eigenvalue weighted by atomic mass is 10.0. The first-order valence-electron chi connectivity index (χ1n) is 10.5. The summed E-state index contributed by atoms with van der Waals surface area (Å²) in [5.74, 6) is 0.293. The molecule has 31 heavy (non-hydrogen) atoms. The summed E-state index contributed by atoms with van der Waals surface area (Å²) in [6.45, 7) is 10.7. The molecule has 7 heteroatoms. The van der Waals surface area contributed by atoms with Crippen LogP contribution >= 0.6 is 0 Å². The molecule has 1 saturated heterocycles. The largest absolute Gasteiger partial charge is 0.507 e. The Hall–Kier alpha value is -3.22. The van der Waals surface area contributed by atoms with E-state index in [9.17, 15) is 9.90 Å². The van der Waals surface area contributed by atoms with Crippen molar-refractivity contribution in [1.29, 1.82) is 0 Å². The van der Waals surface area contributed by atoms with Gasteiger partial charge in [0.1, 0.15) is 16.9 Å². The van der Waals surface area contributed by atoms with Crippen LogP contribution in [0.3, 0.4) is 0 Å². The summed E-state index contributed by atoms with van der Waals surface area (Å²) in [4.78, 5) is 28.1. The van der Waals surface area contributed by atoms with Gasteiger partial charge in [0.05, 0.1) is 11.4 Å².